The molecular weight excluding hydrogens is 268 g/mol. The Morgan fingerprint density at radius 3 is 2.62 bits per heavy atom. The number of amides is 1. The van der Waals surface area contributed by atoms with Gasteiger partial charge in [0.05, 0.1) is 12.2 Å². The summed E-state index contributed by atoms with van der Waals surface area (Å²) in [5.74, 6) is 0. The number of nitrogens with zero attached hydrogens (tertiary/aromatic N) is 4. The van der Waals surface area contributed by atoms with E-state index in [9.17, 15) is 10.1 Å². The summed E-state index contributed by atoms with van der Waals surface area (Å²) in [5.41, 5.74) is 1.87. The van der Waals surface area contributed by atoms with Crippen LogP contribution in [0.5, 0.6) is 0 Å². The highest BCUT2D eigenvalue weighted by atomic mass is 16.6. The Labute approximate surface area is 125 Å². The third kappa shape index (κ3) is 3.18. The number of ether oxygens (including phenoxy) is 1. The normalized spacial score (nSPS) is 14.8. The van der Waals surface area contributed by atoms with Crippen molar-refractivity contribution < 1.29 is 9.53 Å². The Morgan fingerprint density at radius 1 is 1.43 bits per heavy atom. The van der Waals surface area contributed by atoms with Gasteiger partial charge in [-0.3, -0.25) is 4.68 Å². The zero-order valence-electron chi connectivity index (χ0n) is 13.3. The lowest BCUT2D eigenvalue weighted by atomic mass is 10.1. The van der Waals surface area contributed by atoms with Crippen LogP contribution in [-0.4, -0.2) is 32.9 Å². The lowest BCUT2D eigenvalue weighted by molar-refractivity contribution is 0.0221. The molecule has 21 heavy (non-hydrogen) atoms. The summed E-state index contributed by atoms with van der Waals surface area (Å²) in [6.07, 6.45) is 0.315. The van der Waals surface area contributed by atoms with Crippen molar-refractivity contribution in [2.75, 3.05) is 6.54 Å². The molecule has 1 aromatic rings. The Hall–Kier alpha value is -2.03. The molecule has 6 heteroatoms. The SMILES string of the molecule is CC(C)n1nc2c(c1C#N)CCN(C(=O)OC(C)(C)C)C2. The van der Waals surface area contributed by atoms with Gasteiger partial charge in [0.15, 0.2) is 0 Å². The molecule has 0 aliphatic carbocycles. The fourth-order valence-electron chi connectivity index (χ4n) is 2.39. The molecule has 0 saturated carbocycles. The molecule has 2 heterocycles. The van der Waals surface area contributed by atoms with Crippen LogP contribution >= 0.6 is 0 Å². The van der Waals surface area contributed by atoms with Gasteiger partial charge < -0.3 is 9.64 Å². The average Bonchev–Trinajstić information content (AvgIpc) is 2.74. The molecule has 6 nitrogen and oxygen atoms in total. The maximum absolute atomic E-state index is 12.1. The standard InChI is InChI=1S/C15H22N4O2/c1-10(2)19-13(8-16)11-6-7-18(9-12(11)17-19)14(20)21-15(3,4)5/h10H,6-7,9H2,1-5H3. The van der Waals surface area contributed by atoms with E-state index in [2.05, 4.69) is 11.2 Å². The first kappa shape index (κ1) is 15.4. The number of aromatic nitrogens is 2. The summed E-state index contributed by atoms with van der Waals surface area (Å²) in [6, 6.07) is 2.36. The number of fused-ring (bicyclic) bond motifs is 1. The van der Waals surface area contributed by atoms with Crippen LogP contribution in [0, 0.1) is 11.3 Å². The van der Waals surface area contributed by atoms with Gasteiger partial charge >= 0.3 is 6.09 Å². The van der Waals surface area contributed by atoms with Crippen molar-refractivity contribution in [3.8, 4) is 6.07 Å². The van der Waals surface area contributed by atoms with Crippen molar-refractivity contribution in [3.05, 3.63) is 17.0 Å². The summed E-state index contributed by atoms with van der Waals surface area (Å²) < 4.78 is 7.13. The van der Waals surface area contributed by atoms with Crippen LogP contribution in [0.4, 0.5) is 4.79 Å². The van der Waals surface area contributed by atoms with E-state index in [0.29, 0.717) is 25.2 Å². The first-order valence-electron chi connectivity index (χ1n) is 7.21. The molecule has 0 N–H and O–H groups in total. The molecule has 2 rings (SSSR count). The zero-order valence-corrected chi connectivity index (χ0v) is 13.3. The van der Waals surface area contributed by atoms with Gasteiger partial charge in [0, 0.05) is 18.2 Å². The molecule has 0 spiro atoms. The molecular formula is C15H22N4O2. The molecule has 114 valence electrons. The highest BCUT2D eigenvalue weighted by Crippen LogP contribution is 2.25. The first-order valence-corrected chi connectivity index (χ1v) is 7.21. The van der Waals surface area contributed by atoms with Crippen molar-refractivity contribution in [1.82, 2.24) is 14.7 Å². The fourth-order valence-corrected chi connectivity index (χ4v) is 2.39. The highest BCUT2D eigenvalue weighted by molar-refractivity contribution is 5.68. The van der Waals surface area contributed by atoms with Crippen LogP contribution in [0.15, 0.2) is 0 Å². The first-order chi connectivity index (χ1) is 9.73. The summed E-state index contributed by atoms with van der Waals surface area (Å²) >= 11 is 0. The summed E-state index contributed by atoms with van der Waals surface area (Å²) in [6.45, 7) is 10.5. The minimum Gasteiger partial charge on any atom is -0.444 e. The minimum absolute atomic E-state index is 0.125. The van der Waals surface area contributed by atoms with Gasteiger partial charge in [-0.25, -0.2) is 4.79 Å². The van der Waals surface area contributed by atoms with E-state index < -0.39 is 5.60 Å². The minimum atomic E-state index is -0.507. The van der Waals surface area contributed by atoms with Crippen molar-refractivity contribution in [1.29, 1.82) is 5.26 Å². The predicted octanol–water partition coefficient (Wildman–Crippen LogP) is 2.63. The predicted molar refractivity (Wildman–Crippen MR) is 77.7 cm³/mol. The lowest BCUT2D eigenvalue weighted by Gasteiger charge is -2.29. The second kappa shape index (κ2) is 5.40. The summed E-state index contributed by atoms with van der Waals surface area (Å²) in [4.78, 5) is 13.8. The van der Waals surface area contributed by atoms with E-state index in [1.165, 1.54) is 0 Å². The van der Waals surface area contributed by atoms with Crippen LogP contribution in [0.1, 0.15) is 57.6 Å². The molecule has 1 aliphatic heterocycles. The van der Waals surface area contributed by atoms with Crippen LogP contribution in [0.3, 0.4) is 0 Å². The van der Waals surface area contributed by atoms with Gasteiger partial charge in [-0.2, -0.15) is 10.4 Å². The van der Waals surface area contributed by atoms with Gasteiger partial charge in [-0.15, -0.1) is 0 Å². The molecule has 0 saturated heterocycles. The Balaban J connectivity index is 2.22. The average molecular weight is 290 g/mol. The maximum atomic E-state index is 12.1. The van der Waals surface area contributed by atoms with Gasteiger partial charge in [-0.1, -0.05) is 0 Å². The van der Waals surface area contributed by atoms with Crippen LogP contribution in [0.2, 0.25) is 0 Å². The highest BCUT2D eigenvalue weighted by Gasteiger charge is 2.30. The second-order valence-corrected chi connectivity index (χ2v) is 6.58. The fraction of sp³-hybridized carbons (Fsp3) is 0.667. The summed E-state index contributed by atoms with van der Waals surface area (Å²) in [7, 11) is 0. The smallest absolute Gasteiger partial charge is 0.410 e. The second-order valence-electron chi connectivity index (χ2n) is 6.58. The Kier molecular flexibility index (Phi) is 3.95. The maximum Gasteiger partial charge on any atom is 0.410 e. The number of hydrogen-bond donors (Lipinski definition) is 0. The zero-order chi connectivity index (χ0) is 15.8. The van der Waals surface area contributed by atoms with Gasteiger partial charge in [0.2, 0.25) is 0 Å². The molecule has 0 bridgehead atoms. The largest absolute Gasteiger partial charge is 0.444 e. The van der Waals surface area contributed by atoms with Crippen LogP contribution in [0.25, 0.3) is 0 Å². The van der Waals surface area contributed by atoms with E-state index in [4.69, 9.17) is 4.74 Å². The van der Waals surface area contributed by atoms with Gasteiger partial charge in [-0.05, 0) is 41.0 Å². The van der Waals surface area contributed by atoms with Crippen molar-refractivity contribution in [2.24, 2.45) is 0 Å². The third-order valence-electron chi connectivity index (χ3n) is 3.31. The van der Waals surface area contributed by atoms with Crippen molar-refractivity contribution in [3.63, 3.8) is 0 Å². The Morgan fingerprint density at radius 2 is 2.10 bits per heavy atom. The molecule has 1 aliphatic rings. The quantitative estimate of drug-likeness (QED) is 0.797. The van der Waals surface area contributed by atoms with Gasteiger partial charge in [0.1, 0.15) is 17.4 Å². The number of hydrogen-bond acceptors (Lipinski definition) is 4. The molecule has 0 unspecified atom stereocenters. The molecule has 0 atom stereocenters. The van der Waals surface area contributed by atoms with Gasteiger partial charge in [0.25, 0.3) is 0 Å². The van der Waals surface area contributed by atoms with Crippen LogP contribution in [-0.2, 0) is 17.7 Å². The van der Waals surface area contributed by atoms with Crippen molar-refractivity contribution in [2.45, 2.75) is 59.2 Å². The molecule has 1 aromatic heterocycles. The van der Waals surface area contributed by atoms with E-state index in [0.717, 1.165) is 11.3 Å². The molecule has 0 radical (unpaired) electrons. The van der Waals surface area contributed by atoms with E-state index in [1.54, 1.807) is 9.58 Å². The molecule has 0 aromatic carbocycles. The van der Waals surface area contributed by atoms with E-state index >= 15 is 0 Å². The molecule has 1 amide bonds. The number of nitriles is 1. The number of rotatable bonds is 1. The van der Waals surface area contributed by atoms with Crippen LogP contribution < -0.4 is 0 Å². The monoisotopic (exact) mass is 290 g/mol. The van der Waals surface area contributed by atoms with E-state index in [1.807, 2.05) is 34.6 Å². The Bertz CT molecular complexity index is 590. The lowest BCUT2D eigenvalue weighted by Crippen LogP contribution is -2.39. The number of carbonyl (C=O) groups is 1. The van der Waals surface area contributed by atoms with Crippen molar-refractivity contribution >= 4 is 6.09 Å². The van der Waals surface area contributed by atoms with E-state index in [-0.39, 0.29) is 12.1 Å². The third-order valence-corrected chi connectivity index (χ3v) is 3.31. The summed E-state index contributed by atoms with van der Waals surface area (Å²) in [5, 5.41) is 13.8. The topological polar surface area (TPSA) is 71.2 Å². The number of carbonyl (C=O) groups excluding carboxylic acids is 1. The molecule has 0 fully saturated rings.